The molecule has 14 heavy (non-hydrogen) atoms. The van der Waals surface area contributed by atoms with E-state index in [0.29, 0.717) is 5.12 Å². The highest BCUT2D eigenvalue weighted by molar-refractivity contribution is 8.13. The van der Waals surface area contributed by atoms with Crippen LogP contribution < -0.4 is 0 Å². The van der Waals surface area contributed by atoms with Crippen LogP contribution in [0.25, 0.3) is 0 Å². The fourth-order valence-electron chi connectivity index (χ4n) is 1.55. The summed E-state index contributed by atoms with van der Waals surface area (Å²) in [4.78, 5) is 11.2. The van der Waals surface area contributed by atoms with Crippen molar-refractivity contribution in [3.8, 4) is 0 Å². The minimum Gasteiger partial charge on any atom is -0.287 e. The number of unbranched alkanes of at least 4 members (excludes halogenated alkanes) is 5. The molecule has 0 radical (unpaired) electrons. The highest BCUT2D eigenvalue weighted by Crippen LogP contribution is 2.16. The van der Waals surface area contributed by atoms with Crippen molar-refractivity contribution in [3.05, 3.63) is 0 Å². The van der Waals surface area contributed by atoms with Crippen LogP contribution in [-0.4, -0.2) is 11.4 Å². The van der Waals surface area contributed by atoms with Gasteiger partial charge in [0, 0.05) is 5.92 Å². The molecule has 0 aliphatic heterocycles. The van der Waals surface area contributed by atoms with E-state index in [4.69, 9.17) is 0 Å². The van der Waals surface area contributed by atoms with E-state index in [9.17, 15) is 4.79 Å². The molecule has 0 rings (SSSR count). The Hall–Kier alpha value is 0.0200. The second kappa shape index (κ2) is 9.57. The summed E-state index contributed by atoms with van der Waals surface area (Å²) >= 11 is 1.37. The fourth-order valence-corrected chi connectivity index (χ4v) is 2.07. The normalized spacial score (nSPS) is 12.8. The lowest BCUT2D eigenvalue weighted by molar-refractivity contribution is -0.114. The van der Waals surface area contributed by atoms with E-state index in [1.165, 1.54) is 50.3 Å². The van der Waals surface area contributed by atoms with Gasteiger partial charge in [0.2, 0.25) is 0 Å². The van der Waals surface area contributed by atoms with E-state index in [1.807, 2.05) is 13.2 Å². The van der Waals surface area contributed by atoms with Gasteiger partial charge in [-0.15, -0.1) is 0 Å². The van der Waals surface area contributed by atoms with Crippen molar-refractivity contribution >= 4 is 16.9 Å². The number of carbonyl (C=O) groups is 1. The van der Waals surface area contributed by atoms with Crippen molar-refractivity contribution in [3.63, 3.8) is 0 Å². The molecule has 0 aromatic heterocycles. The summed E-state index contributed by atoms with van der Waals surface area (Å²) in [5.74, 6) is 0.260. The van der Waals surface area contributed by atoms with E-state index in [-0.39, 0.29) is 5.92 Å². The van der Waals surface area contributed by atoms with Crippen molar-refractivity contribution in [1.29, 1.82) is 0 Å². The molecule has 0 fully saturated rings. The van der Waals surface area contributed by atoms with Crippen LogP contribution in [0.1, 0.15) is 58.8 Å². The van der Waals surface area contributed by atoms with E-state index >= 15 is 0 Å². The van der Waals surface area contributed by atoms with E-state index in [1.54, 1.807) is 0 Å². The van der Waals surface area contributed by atoms with E-state index < -0.39 is 0 Å². The predicted molar refractivity (Wildman–Crippen MR) is 65.7 cm³/mol. The van der Waals surface area contributed by atoms with Crippen LogP contribution in [0, 0.1) is 5.92 Å². The second-order valence-corrected chi connectivity index (χ2v) is 4.79. The number of carbonyl (C=O) groups excluding carboxylic acids is 1. The fraction of sp³-hybridized carbons (Fsp3) is 0.917. The SMILES string of the molecule is CCCCCCCC[C@H](C)C(=O)SC. The Morgan fingerprint density at radius 1 is 1.14 bits per heavy atom. The smallest absolute Gasteiger partial charge is 0.191 e. The zero-order valence-electron chi connectivity index (χ0n) is 9.84. The molecular formula is C12H24OS. The third-order valence-electron chi connectivity index (χ3n) is 2.59. The Bertz CT molecular complexity index is 145. The van der Waals surface area contributed by atoms with Crippen LogP contribution in [0.4, 0.5) is 0 Å². The first-order chi connectivity index (χ1) is 6.72. The molecule has 0 saturated heterocycles. The topological polar surface area (TPSA) is 17.1 Å². The van der Waals surface area contributed by atoms with E-state index in [0.717, 1.165) is 6.42 Å². The summed E-state index contributed by atoms with van der Waals surface area (Å²) in [7, 11) is 0. The average Bonchev–Trinajstić information content (AvgIpc) is 2.21. The predicted octanol–water partition coefficient (Wildman–Crippen LogP) is 4.26. The first-order valence-corrected chi connectivity index (χ1v) is 7.02. The van der Waals surface area contributed by atoms with Crippen LogP contribution >= 0.6 is 11.8 Å². The van der Waals surface area contributed by atoms with Gasteiger partial charge in [-0.3, -0.25) is 4.79 Å². The molecule has 0 amide bonds. The van der Waals surface area contributed by atoms with Gasteiger partial charge in [-0.1, -0.05) is 64.1 Å². The van der Waals surface area contributed by atoms with Gasteiger partial charge in [0.15, 0.2) is 5.12 Å². The molecule has 1 atom stereocenters. The summed E-state index contributed by atoms with van der Waals surface area (Å²) < 4.78 is 0. The molecule has 0 N–H and O–H groups in total. The van der Waals surface area contributed by atoms with Gasteiger partial charge in [0.25, 0.3) is 0 Å². The number of rotatable bonds is 8. The number of thioether (sulfide) groups is 1. The summed E-state index contributed by atoms with van der Waals surface area (Å²) in [6, 6.07) is 0. The highest BCUT2D eigenvalue weighted by Gasteiger charge is 2.10. The Balaban J connectivity index is 3.23. The summed E-state index contributed by atoms with van der Waals surface area (Å²) in [5, 5.41) is 0.346. The van der Waals surface area contributed by atoms with Crippen molar-refractivity contribution < 1.29 is 4.79 Å². The van der Waals surface area contributed by atoms with Gasteiger partial charge in [0.1, 0.15) is 0 Å². The lowest BCUT2D eigenvalue weighted by Gasteiger charge is -2.07. The largest absolute Gasteiger partial charge is 0.287 e. The third-order valence-corrected chi connectivity index (χ3v) is 3.40. The van der Waals surface area contributed by atoms with Crippen LogP contribution in [-0.2, 0) is 4.79 Å². The summed E-state index contributed by atoms with van der Waals surface area (Å²) in [6.45, 7) is 4.28. The zero-order valence-corrected chi connectivity index (χ0v) is 10.7. The molecule has 0 bridgehead atoms. The molecule has 0 aromatic carbocycles. The maximum absolute atomic E-state index is 11.2. The number of hydrogen-bond acceptors (Lipinski definition) is 2. The first kappa shape index (κ1) is 14.0. The summed E-state index contributed by atoms with van der Waals surface area (Å²) in [5.41, 5.74) is 0. The zero-order chi connectivity index (χ0) is 10.8. The Morgan fingerprint density at radius 2 is 1.71 bits per heavy atom. The molecule has 84 valence electrons. The Labute approximate surface area is 93.0 Å². The standard InChI is InChI=1S/C12H24OS/c1-4-5-6-7-8-9-10-11(2)12(13)14-3/h11H,4-10H2,1-3H3/t11-/m0/s1. The molecule has 0 aromatic rings. The monoisotopic (exact) mass is 216 g/mol. The van der Waals surface area contributed by atoms with Crippen molar-refractivity contribution in [2.45, 2.75) is 58.8 Å². The van der Waals surface area contributed by atoms with Crippen molar-refractivity contribution in [1.82, 2.24) is 0 Å². The molecule has 2 heteroatoms. The molecule has 1 nitrogen and oxygen atoms in total. The Morgan fingerprint density at radius 3 is 2.29 bits per heavy atom. The van der Waals surface area contributed by atoms with Gasteiger partial charge in [0.05, 0.1) is 0 Å². The van der Waals surface area contributed by atoms with Crippen LogP contribution in [0.15, 0.2) is 0 Å². The molecule has 0 saturated carbocycles. The molecule has 0 spiro atoms. The molecule has 0 heterocycles. The lowest BCUT2D eigenvalue weighted by atomic mass is 10.0. The van der Waals surface area contributed by atoms with Gasteiger partial charge >= 0.3 is 0 Å². The average molecular weight is 216 g/mol. The Kier molecular flexibility index (Phi) is 9.58. The van der Waals surface area contributed by atoms with Crippen molar-refractivity contribution in [2.24, 2.45) is 5.92 Å². The minimum absolute atomic E-state index is 0.260. The summed E-state index contributed by atoms with van der Waals surface area (Å²) in [6.07, 6.45) is 10.8. The van der Waals surface area contributed by atoms with Crippen molar-refractivity contribution in [2.75, 3.05) is 6.26 Å². The molecule has 0 aliphatic rings. The maximum Gasteiger partial charge on any atom is 0.191 e. The van der Waals surface area contributed by atoms with Gasteiger partial charge in [-0.05, 0) is 12.7 Å². The van der Waals surface area contributed by atoms with E-state index in [2.05, 4.69) is 6.92 Å². The van der Waals surface area contributed by atoms with Gasteiger partial charge < -0.3 is 0 Å². The molecule has 0 unspecified atom stereocenters. The van der Waals surface area contributed by atoms with Crippen LogP contribution in [0.2, 0.25) is 0 Å². The van der Waals surface area contributed by atoms with Gasteiger partial charge in [-0.2, -0.15) is 0 Å². The lowest BCUT2D eigenvalue weighted by Crippen LogP contribution is -2.05. The maximum atomic E-state index is 11.2. The minimum atomic E-state index is 0.260. The highest BCUT2D eigenvalue weighted by atomic mass is 32.2. The van der Waals surface area contributed by atoms with Gasteiger partial charge in [-0.25, -0.2) is 0 Å². The second-order valence-electron chi connectivity index (χ2n) is 3.98. The molecule has 0 aliphatic carbocycles. The van der Waals surface area contributed by atoms with Crippen LogP contribution in [0.5, 0.6) is 0 Å². The quantitative estimate of drug-likeness (QED) is 0.564. The number of hydrogen-bond donors (Lipinski definition) is 0. The molecular weight excluding hydrogens is 192 g/mol. The first-order valence-electron chi connectivity index (χ1n) is 5.80. The van der Waals surface area contributed by atoms with Crippen LogP contribution in [0.3, 0.4) is 0 Å². The third kappa shape index (κ3) is 7.43.